The molecule has 1 fully saturated rings. The number of amides is 1. The molecule has 2 aliphatic rings. The summed E-state index contributed by atoms with van der Waals surface area (Å²) in [5.41, 5.74) is 3.82. The highest BCUT2D eigenvalue weighted by atomic mass is 16.5. The second-order valence-corrected chi connectivity index (χ2v) is 7.51. The Morgan fingerprint density at radius 2 is 2.11 bits per heavy atom. The summed E-state index contributed by atoms with van der Waals surface area (Å²) in [6, 6.07) is 6.74. The van der Waals surface area contributed by atoms with Crippen molar-refractivity contribution < 1.29 is 14.6 Å². The molecule has 27 heavy (non-hydrogen) atoms. The lowest BCUT2D eigenvalue weighted by molar-refractivity contribution is 0.131. The number of fused-ring (bicyclic) bond motifs is 1. The van der Waals surface area contributed by atoms with Gasteiger partial charge in [-0.2, -0.15) is 0 Å². The number of aryl methyl sites for hydroxylation is 1. The zero-order valence-corrected chi connectivity index (χ0v) is 16.5. The van der Waals surface area contributed by atoms with Gasteiger partial charge in [0.15, 0.2) is 0 Å². The van der Waals surface area contributed by atoms with Crippen molar-refractivity contribution in [1.82, 2.24) is 10.2 Å². The van der Waals surface area contributed by atoms with E-state index in [4.69, 9.17) is 9.84 Å². The fourth-order valence-corrected chi connectivity index (χ4v) is 4.09. The van der Waals surface area contributed by atoms with Gasteiger partial charge in [-0.1, -0.05) is 13.0 Å². The molecule has 1 aliphatic heterocycles. The zero-order chi connectivity index (χ0) is 19.1. The van der Waals surface area contributed by atoms with E-state index in [-0.39, 0.29) is 25.3 Å². The predicted octanol–water partition coefficient (Wildman–Crippen LogP) is 2.70. The second-order valence-electron chi connectivity index (χ2n) is 7.51. The quantitative estimate of drug-likeness (QED) is 0.718. The van der Waals surface area contributed by atoms with E-state index in [9.17, 15) is 4.79 Å². The van der Waals surface area contributed by atoms with Gasteiger partial charge >= 0.3 is 6.09 Å². The number of anilines is 1. The Hall–Kier alpha value is -1.79. The van der Waals surface area contributed by atoms with Gasteiger partial charge in [0, 0.05) is 44.9 Å². The van der Waals surface area contributed by atoms with E-state index in [1.54, 1.807) is 0 Å². The van der Waals surface area contributed by atoms with Gasteiger partial charge in [0.05, 0.1) is 12.6 Å². The van der Waals surface area contributed by atoms with E-state index in [0.717, 1.165) is 45.4 Å². The lowest BCUT2D eigenvalue weighted by Crippen LogP contribution is -2.46. The summed E-state index contributed by atoms with van der Waals surface area (Å²) >= 11 is 0. The number of carbonyl (C=O) groups is 1. The molecule has 0 spiro atoms. The molecule has 1 aliphatic carbocycles. The maximum atomic E-state index is 12.0. The molecule has 6 nitrogen and oxygen atoms in total. The van der Waals surface area contributed by atoms with E-state index in [1.165, 1.54) is 29.8 Å². The van der Waals surface area contributed by atoms with E-state index >= 15 is 0 Å². The monoisotopic (exact) mass is 375 g/mol. The van der Waals surface area contributed by atoms with Gasteiger partial charge in [-0.05, 0) is 55.5 Å². The normalized spacial score (nSPS) is 20.2. The van der Waals surface area contributed by atoms with Crippen molar-refractivity contribution in [1.29, 1.82) is 0 Å². The van der Waals surface area contributed by atoms with E-state index in [1.807, 2.05) is 0 Å². The van der Waals surface area contributed by atoms with Crippen molar-refractivity contribution in [3.8, 4) is 0 Å². The Labute approximate surface area is 162 Å². The molecule has 3 rings (SSSR count). The van der Waals surface area contributed by atoms with Crippen LogP contribution in [0.1, 0.15) is 49.8 Å². The molecule has 1 aromatic carbocycles. The van der Waals surface area contributed by atoms with E-state index < -0.39 is 0 Å². The number of aliphatic hydroxyl groups is 1. The molecule has 1 saturated heterocycles. The molecule has 0 saturated carbocycles. The number of ether oxygens (including phenoxy) is 1. The van der Waals surface area contributed by atoms with Crippen molar-refractivity contribution in [3.05, 3.63) is 29.3 Å². The molecule has 0 bridgehead atoms. The molecule has 150 valence electrons. The SMILES string of the molecule is CCCN1CCN(c2ccc3c(c2)C(NC(=O)OCCCO)CCC3)CC1. The lowest BCUT2D eigenvalue weighted by atomic mass is 9.87. The number of nitrogens with one attached hydrogen (secondary N) is 1. The Balaban J connectivity index is 1.64. The standard InChI is InChI=1S/C21H33N3O3/c1-2-9-23-10-12-24(13-11-23)18-8-7-17-5-3-6-20(19(17)16-18)22-21(26)27-15-4-14-25/h7-8,16,20,25H,2-6,9-15H2,1H3,(H,22,26). The van der Waals surface area contributed by atoms with Crippen LogP contribution in [0.2, 0.25) is 0 Å². The fourth-order valence-electron chi connectivity index (χ4n) is 4.09. The number of nitrogens with zero attached hydrogens (tertiary/aromatic N) is 2. The lowest BCUT2D eigenvalue weighted by Gasteiger charge is -2.37. The third kappa shape index (κ3) is 5.36. The van der Waals surface area contributed by atoms with Crippen LogP contribution in [0, 0.1) is 0 Å². The van der Waals surface area contributed by atoms with Gasteiger partial charge in [0.25, 0.3) is 0 Å². The summed E-state index contributed by atoms with van der Waals surface area (Å²) in [4.78, 5) is 17.0. The number of aliphatic hydroxyl groups excluding tert-OH is 1. The summed E-state index contributed by atoms with van der Waals surface area (Å²) in [5.74, 6) is 0. The number of piperazine rings is 1. The zero-order valence-electron chi connectivity index (χ0n) is 16.5. The van der Waals surface area contributed by atoms with E-state index in [0.29, 0.717) is 6.42 Å². The Morgan fingerprint density at radius 3 is 2.85 bits per heavy atom. The Kier molecular flexibility index (Phi) is 7.35. The average Bonchev–Trinajstić information content (AvgIpc) is 2.69. The number of hydrogen-bond acceptors (Lipinski definition) is 5. The van der Waals surface area contributed by atoms with Gasteiger partial charge in [-0.25, -0.2) is 4.79 Å². The number of carbonyl (C=O) groups excluding carboxylic acids is 1. The molecule has 1 amide bonds. The minimum Gasteiger partial charge on any atom is -0.449 e. The Morgan fingerprint density at radius 1 is 1.30 bits per heavy atom. The highest BCUT2D eigenvalue weighted by molar-refractivity contribution is 5.68. The summed E-state index contributed by atoms with van der Waals surface area (Å²) in [6.07, 6.45) is 4.38. The van der Waals surface area contributed by atoms with Crippen molar-refractivity contribution in [3.63, 3.8) is 0 Å². The van der Waals surface area contributed by atoms with Crippen LogP contribution in [0.15, 0.2) is 18.2 Å². The highest BCUT2D eigenvalue weighted by Gasteiger charge is 2.24. The molecule has 0 radical (unpaired) electrons. The largest absolute Gasteiger partial charge is 0.449 e. The molecule has 0 aromatic heterocycles. The van der Waals surface area contributed by atoms with Gasteiger partial charge in [0.2, 0.25) is 0 Å². The maximum absolute atomic E-state index is 12.0. The number of rotatable bonds is 7. The van der Waals surface area contributed by atoms with Gasteiger partial charge in [-0.15, -0.1) is 0 Å². The molecule has 1 atom stereocenters. The molecular formula is C21H33N3O3. The second kappa shape index (κ2) is 9.95. The molecule has 1 aromatic rings. The van der Waals surface area contributed by atoms with Crippen LogP contribution in [0.25, 0.3) is 0 Å². The summed E-state index contributed by atoms with van der Waals surface area (Å²) in [7, 11) is 0. The van der Waals surface area contributed by atoms with Crippen LogP contribution < -0.4 is 10.2 Å². The molecule has 2 N–H and O–H groups in total. The maximum Gasteiger partial charge on any atom is 0.407 e. The van der Waals surface area contributed by atoms with Gasteiger partial charge < -0.3 is 20.1 Å². The molecule has 1 heterocycles. The van der Waals surface area contributed by atoms with Crippen molar-refractivity contribution in [2.45, 2.75) is 45.1 Å². The summed E-state index contributed by atoms with van der Waals surface area (Å²) in [6.45, 7) is 8.05. The minimum absolute atomic E-state index is 0.0108. The van der Waals surface area contributed by atoms with Crippen LogP contribution in [0.4, 0.5) is 10.5 Å². The predicted molar refractivity (Wildman–Crippen MR) is 107 cm³/mol. The first-order valence-corrected chi connectivity index (χ1v) is 10.4. The third-order valence-corrected chi connectivity index (χ3v) is 5.55. The fraction of sp³-hybridized carbons (Fsp3) is 0.667. The van der Waals surface area contributed by atoms with Gasteiger partial charge in [-0.3, -0.25) is 4.90 Å². The van der Waals surface area contributed by atoms with E-state index in [2.05, 4.69) is 40.2 Å². The smallest absolute Gasteiger partial charge is 0.407 e. The topological polar surface area (TPSA) is 65.0 Å². The number of benzene rings is 1. The van der Waals surface area contributed by atoms with Crippen LogP contribution in [0.3, 0.4) is 0 Å². The number of hydrogen-bond donors (Lipinski definition) is 2. The van der Waals surface area contributed by atoms with Crippen molar-refractivity contribution >= 4 is 11.8 Å². The Bertz CT molecular complexity index is 615. The first-order chi connectivity index (χ1) is 13.2. The average molecular weight is 376 g/mol. The van der Waals surface area contributed by atoms with Crippen LogP contribution in [-0.4, -0.2) is 62.0 Å². The molecular weight excluding hydrogens is 342 g/mol. The molecule has 6 heteroatoms. The van der Waals surface area contributed by atoms with Crippen LogP contribution in [-0.2, 0) is 11.2 Å². The highest BCUT2D eigenvalue weighted by Crippen LogP contribution is 2.33. The van der Waals surface area contributed by atoms with Crippen LogP contribution in [0.5, 0.6) is 0 Å². The first-order valence-electron chi connectivity index (χ1n) is 10.4. The summed E-state index contributed by atoms with van der Waals surface area (Å²) in [5, 5.41) is 11.8. The summed E-state index contributed by atoms with van der Waals surface area (Å²) < 4.78 is 5.16. The van der Waals surface area contributed by atoms with Crippen molar-refractivity contribution in [2.75, 3.05) is 50.8 Å². The third-order valence-electron chi connectivity index (χ3n) is 5.55. The first kappa shape index (κ1) is 20.0. The molecule has 1 unspecified atom stereocenters. The minimum atomic E-state index is -0.389. The number of alkyl carbamates (subject to hydrolysis) is 1. The van der Waals surface area contributed by atoms with Crippen LogP contribution >= 0.6 is 0 Å². The van der Waals surface area contributed by atoms with Crippen molar-refractivity contribution in [2.24, 2.45) is 0 Å². The van der Waals surface area contributed by atoms with Gasteiger partial charge in [0.1, 0.15) is 0 Å².